The molecule has 5 rings (SSSR count). The molecule has 0 saturated carbocycles. The third kappa shape index (κ3) is 5.05. The molecule has 1 unspecified atom stereocenters. The van der Waals surface area contributed by atoms with Gasteiger partial charge in [0, 0.05) is 28.5 Å². The summed E-state index contributed by atoms with van der Waals surface area (Å²) in [5.41, 5.74) is 9.20. The lowest BCUT2D eigenvalue weighted by molar-refractivity contribution is 0.284. The summed E-state index contributed by atoms with van der Waals surface area (Å²) < 4.78 is 19.0. The molecule has 1 atom stereocenters. The second-order valence-electron chi connectivity index (χ2n) is 8.99. The summed E-state index contributed by atoms with van der Waals surface area (Å²) in [6, 6.07) is 22.1. The molecule has 0 fully saturated rings. The van der Waals surface area contributed by atoms with E-state index in [9.17, 15) is 10.1 Å². The molecular formula is C30H25ClN4O4. The number of rotatable bonds is 7. The van der Waals surface area contributed by atoms with Crippen molar-refractivity contribution >= 4 is 11.6 Å². The molecule has 0 radical (unpaired) electrons. The Morgan fingerprint density at radius 1 is 1.13 bits per heavy atom. The molecule has 9 heteroatoms. The molecule has 2 aromatic heterocycles. The van der Waals surface area contributed by atoms with E-state index < -0.39 is 5.92 Å². The number of pyridine rings is 2. The van der Waals surface area contributed by atoms with Gasteiger partial charge in [-0.15, -0.1) is 0 Å². The minimum atomic E-state index is -0.770. The molecule has 0 saturated heterocycles. The summed E-state index contributed by atoms with van der Waals surface area (Å²) in [7, 11) is 1.53. The Kier molecular flexibility index (Phi) is 7.26. The number of benzene rings is 2. The third-order valence-electron chi connectivity index (χ3n) is 6.60. The number of allylic oxidation sites excluding steroid dienone is 1. The van der Waals surface area contributed by atoms with E-state index in [4.69, 9.17) is 31.5 Å². The highest BCUT2D eigenvalue weighted by Crippen LogP contribution is 2.43. The molecule has 3 heterocycles. The number of nitrogens with zero attached hydrogens (tertiary/aromatic N) is 3. The Bertz CT molecular complexity index is 1680. The van der Waals surface area contributed by atoms with Gasteiger partial charge in [0.05, 0.1) is 30.8 Å². The average Bonchev–Trinajstić information content (AvgIpc) is 2.94. The van der Waals surface area contributed by atoms with Crippen LogP contribution in [0.5, 0.6) is 17.2 Å². The van der Waals surface area contributed by atoms with Gasteiger partial charge in [0.15, 0.2) is 11.5 Å². The monoisotopic (exact) mass is 540 g/mol. The molecule has 0 amide bonds. The summed E-state index contributed by atoms with van der Waals surface area (Å²) in [4.78, 5) is 18.3. The van der Waals surface area contributed by atoms with Crippen molar-refractivity contribution in [1.82, 2.24) is 9.55 Å². The summed E-state index contributed by atoms with van der Waals surface area (Å²) >= 11 is 6.27. The maximum atomic E-state index is 13.9. The largest absolute Gasteiger partial charge is 0.493 e. The van der Waals surface area contributed by atoms with Crippen molar-refractivity contribution in [2.75, 3.05) is 7.11 Å². The first-order chi connectivity index (χ1) is 18.9. The number of ether oxygens (including phenoxy) is 3. The third-order valence-corrected chi connectivity index (χ3v) is 6.97. The second kappa shape index (κ2) is 10.9. The highest BCUT2D eigenvalue weighted by atomic mass is 35.5. The van der Waals surface area contributed by atoms with Crippen LogP contribution in [0.4, 0.5) is 0 Å². The summed E-state index contributed by atoms with van der Waals surface area (Å²) in [5.74, 6) is 0.418. The van der Waals surface area contributed by atoms with Crippen LogP contribution in [0.15, 0.2) is 89.2 Å². The van der Waals surface area contributed by atoms with E-state index in [1.54, 1.807) is 41.1 Å². The molecule has 8 nitrogen and oxygen atoms in total. The standard InChI is InChI=1S/C30H25ClN4O4/c1-18-13-26-28(30(36)35(18)16-21-8-5-6-12-34-21)27(22(15-32)29(33)39-26)19-10-11-24(25(14-19)37-2)38-17-20-7-3-4-9-23(20)31/h3-14,27H,16-17,33H2,1-2H3. The molecule has 0 aliphatic carbocycles. The number of hydrogen-bond donors (Lipinski definition) is 1. The van der Waals surface area contributed by atoms with Crippen molar-refractivity contribution < 1.29 is 14.2 Å². The van der Waals surface area contributed by atoms with E-state index in [0.717, 1.165) is 11.3 Å². The molecule has 1 aliphatic rings. The van der Waals surface area contributed by atoms with E-state index in [1.165, 1.54) is 7.11 Å². The van der Waals surface area contributed by atoms with Gasteiger partial charge in [-0.05, 0) is 42.8 Å². The number of nitrogens with two attached hydrogens (primary N) is 1. The van der Waals surface area contributed by atoms with Crippen LogP contribution in [0, 0.1) is 18.3 Å². The average molecular weight is 541 g/mol. The van der Waals surface area contributed by atoms with E-state index in [-0.39, 0.29) is 30.2 Å². The molecule has 0 bridgehead atoms. The zero-order chi connectivity index (χ0) is 27.5. The van der Waals surface area contributed by atoms with E-state index >= 15 is 0 Å². The number of methoxy groups -OCH3 is 1. The Morgan fingerprint density at radius 3 is 2.64 bits per heavy atom. The van der Waals surface area contributed by atoms with E-state index in [1.807, 2.05) is 43.3 Å². The number of nitriles is 1. The Balaban J connectivity index is 1.57. The van der Waals surface area contributed by atoms with Crippen molar-refractivity contribution in [1.29, 1.82) is 5.26 Å². The number of fused-ring (bicyclic) bond motifs is 1. The SMILES string of the molecule is COc1cc(C2C(C#N)=C(N)Oc3cc(C)n(Cc4ccccn4)c(=O)c32)ccc1OCc1ccccc1Cl. The summed E-state index contributed by atoms with van der Waals surface area (Å²) in [6.45, 7) is 2.32. The van der Waals surface area contributed by atoms with Gasteiger partial charge in [-0.1, -0.05) is 41.9 Å². The maximum absolute atomic E-state index is 13.9. The molecule has 196 valence electrons. The molecule has 39 heavy (non-hydrogen) atoms. The van der Waals surface area contributed by atoms with Gasteiger partial charge >= 0.3 is 0 Å². The topological polar surface area (TPSA) is 112 Å². The lowest BCUT2D eigenvalue weighted by Crippen LogP contribution is -2.33. The zero-order valence-corrected chi connectivity index (χ0v) is 22.1. The Morgan fingerprint density at radius 2 is 1.92 bits per heavy atom. The van der Waals surface area contributed by atoms with Gasteiger partial charge in [-0.25, -0.2) is 0 Å². The van der Waals surface area contributed by atoms with Gasteiger partial charge in [0.1, 0.15) is 24.0 Å². The fourth-order valence-electron chi connectivity index (χ4n) is 4.62. The van der Waals surface area contributed by atoms with Gasteiger partial charge in [0.2, 0.25) is 5.88 Å². The number of hydrogen-bond acceptors (Lipinski definition) is 7. The van der Waals surface area contributed by atoms with Crippen LogP contribution in [0.2, 0.25) is 5.02 Å². The van der Waals surface area contributed by atoms with Crippen LogP contribution >= 0.6 is 11.6 Å². The van der Waals surface area contributed by atoms with Gasteiger partial charge in [0.25, 0.3) is 5.56 Å². The summed E-state index contributed by atoms with van der Waals surface area (Å²) in [6.07, 6.45) is 1.68. The van der Waals surface area contributed by atoms with Crippen LogP contribution in [0.3, 0.4) is 0 Å². The maximum Gasteiger partial charge on any atom is 0.259 e. The molecule has 4 aromatic rings. The highest BCUT2D eigenvalue weighted by Gasteiger charge is 2.35. The lowest BCUT2D eigenvalue weighted by Gasteiger charge is -2.27. The van der Waals surface area contributed by atoms with Gasteiger partial charge in [-0.2, -0.15) is 5.26 Å². The Hall–Kier alpha value is -4.74. The molecule has 2 N–H and O–H groups in total. The van der Waals surface area contributed by atoms with Crippen LogP contribution in [-0.4, -0.2) is 16.7 Å². The smallest absolute Gasteiger partial charge is 0.259 e. The first-order valence-electron chi connectivity index (χ1n) is 12.2. The lowest BCUT2D eigenvalue weighted by atomic mass is 9.84. The van der Waals surface area contributed by atoms with E-state index in [2.05, 4.69) is 11.1 Å². The number of aryl methyl sites for hydroxylation is 1. The first-order valence-corrected chi connectivity index (χ1v) is 12.5. The van der Waals surface area contributed by atoms with Gasteiger partial charge in [-0.3, -0.25) is 9.78 Å². The van der Waals surface area contributed by atoms with Crippen LogP contribution in [0.25, 0.3) is 0 Å². The van der Waals surface area contributed by atoms with Crippen molar-refractivity contribution in [3.63, 3.8) is 0 Å². The highest BCUT2D eigenvalue weighted by molar-refractivity contribution is 6.31. The second-order valence-corrected chi connectivity index (χ2v) is 9.40. The van der Waals surface area contributed by atoms with Crippen LogP contribution in [0.1, 0.15) is 34.0 Å². The quantitative estimate of drug-likeness (QED) is 0.348. The normalized spacial score (nSPS) is 14.3. The predicted molar refractivity (Wildman–Crippen MR) is 147 cm³/mol. The van der Waals surface area contributed by atoms with Crippen molar-refractivity contribution in [3.8, 4) is 23.3 Å². The van der Waals surface area contributed by atoms with Gasteiger partial charge < -0.3 is 24.5 Å². The summed E-state index contributed by atoms with van der Waals surface area (Å²) in [5, 5.41) is 10.6. The number of halogens is 1. The predicted octanol–water partition coefficient (Wildman–Crippen LogP) is 5.06. The van der Waals surface area contributed by atoms with Crippen molar-refractivity contribution in [2.45, 2.75) is 26.0 Å². The molecule has 0 spiro atoms. The zero-order valence-electron chi connectivity index (χ0n) is 21.3. The Labute approximate surface area is 230 Å². The minimum Gasteiger partial charge on any atom is -0.493 e. The fraction of sp³-hybridized carbons (Fsp3) is 0.167. The first kappa shape index (κ1) is 25.9. The van der Waals surface area contributed by atoms with Crippen molar-refractivity contribution in [2.24, 2.45) is 5.73 Å². The van der Waals surface area contributed by atoms with Crippen LogP contribution < -0.4 is 25.5 Å². The minimum absolute atomic E-state index is 0.0470. The van der Waals surface area contributed by atoms with E-state index in [0.29, 0.717) is 39.1 Å². The number of aromatic nitrogens is 2. The molecular weight excluding hydrogens is 516 g/mol. The molecule has 1 aliphatic heterocycles. The fourth-order valence-corrected chi connectivity index (χ4v) is 4.81. The van der Waals surface area contributed by atoms with Crippen molar-refractivity contribution in [3.05, 3.63) is 128 Å². The van der Waals surface area contributed by atoms with Crippen LogP contribution in [-0.2, 0) is 13.2 Å². The molecule has 2 aromatic carbocycles.